The Balaban J connectivity index is 1.75. The van der Waals surface area contributed by atoms with Crippen molar-refractivity contribution in [3.05, 3.63) is 110 Å². The molecule has 10 nitrogen and oxygen atoms in total. The molecule has 0 N–H and O–H groups in total. The van der Waals surface area contributed by atoms with E-state index in [0.717, 1.165) is 27.7 Å². The minimum atomic E-state index is -3.13. The number of amides is 1. The van der Waals surface area contributed by atoms with Crippen molar-refractivity contribution in [1.82, 2.24) is 25.1 Å². The maximum atomic E-state index is 14.7. The van der Waals surface area contributed by atoms with Crippen LogP contribution in [0.5, 0.6) is 0 Å². The summed E-state index contributed by atoms with van der Waals surface area (Å²) < 4.78 is 14.0. The van der Waals surface area contributed by atoms with Crippen molar-refractivity contribution in [1.29, 1.82) is 0 Å². The Morgan fingerprint density at radius 1 is 0.940 bits per heavy atom. The number of β-lactam (4-membered cyclic amide) rings is 1. The fraction of sp³-hybridized carbons (Fsp3) is 0.324. The van der Waals surface area contributed by atoms with Crippen molar-refractivity contribution in [3.8, 4) is 0 Å². The Bertz CT molecular complexity index is 1750. The van der Waals surface area contributed by atoms with Crippen LogP contribution in [0.2, 0.25) is 18.1 Å². The lowest BCUT2D eigenvalue weighted by atomic mass is 9.99. The fourth-order valence-electron chi connectivity index (χ4n) is 5.60. The molecule has 0 spiro atoms. The molecule has 0 saturated carbocycles. The number of ether oxygens (including phenoxy) is 1. The highest BCUT2D eigenvalue weighted by molar-refractivity contribution is 8.14. The molecule has 2 heterocycles. The molecule has 3 aromatic carbocycles. The molecule has 1 amide bonds. The van der Waals surface area contributed by atoms with Crippen LogP contribution in [0.15, 0.2) is 110 Å². The van der Waals surface area contributed by atoms with Crippen LogP contribution in [-0.2, 0) is 30.1 Å². The number of hydrogen-bond acceptors (Lipinski definition) is 9. The number of nitrogens with zero attached hydrogens (tertiary/aromatic N) is 5. The van der Waals surface area contributed by atoms with Crippen LogP contribution in [0.25, 0.3) is 0 Å². The third-order valence-electron chi connectivity index (χ3n) is 9.26. The molecule has 0 unspecified atom stereocenters. The van der Waals surface area contributed by atoms with Gasteiger partial charge in [-0.1, -0.05) is 136 Å². The Labute approximate surface area is 299 Å². The lowest BCUT2D eigenvalue weighted by Gasteiger charge is -2.50. The second-order valence-electron chi connectivity index (χ2n) is 13.5. The number of rotatable bonds is 14. The topological polar surface area (TPSA) is 117 Å². The second-order valence-corrected chi connectivity index (χ2v) is 22.8. The van der Waals surface area contributed by atoms with Crippen LogP contribution in [0.1, 0.15) is 27.2 Å². The molecule has 2 atom stereocenters. The predicted molar refractivity (Wildman–Crippen MR) is 204 cm³/mol. The van der Waals surface area contributed by atoms with Crippen molar-refractivity contribution in [3.63, 3.8) is 0 Å². The molecular formula is C37H44N5O5PSSi. The molecule has 13 heteroatoms. The van der Waals surface area contributed by atoms with E-state index in [0.29, 0.717) is 0 Å². The maximum absolute atomic E-state index is 14.7. The Morgan fingerprint density at radius 3 is 1.94 bits per heavy atom. The van der Waals surface area contributed by atoms with Crippen molar-refractivity contribution in [2.75, 3.05) is 13.2 Å². The molecule has 1 aliphatic heterocycles. The minimum Gasteiger partial charge on any atom is -0.457 e. The number of carbonyl (C=O) groups is 3. The summed E-state index contributed by atoms with van der Waals surface area (Å²) in [5.74, 6) is -1.59. The summed E-state index contributed by atoms with van der Waals surface area (Å²) in [6, 6.07) is 29.4. The van der Waals surface area contributed by atoms with Gasteiger partial charge >= 0.3 is 5.97 Å². The van der Waals surface area contributed by atoms with Gasteiger partial charge in [-0.05, 0) is 44.5 Å². The monoisotopic (exact) mass is 729 g/mol. The minimum absolute atomic E-state index is 0.0523. The summed E-state index contributed by atoms with van der Waals surface area (Å²) in [6.07, 6.45) is 3.08. The standard InChI is InChI=1S/C37H44N5O5PSSi/c1-7-25-46-36(45)34(48(28-17-11-8-12-18-28,29-19-13-9-14-20-29)30-21-15-10-16-22-30)42-33(44)31(26-47-50(5,6)37(2,3)4)35(42)49-32(43)23-24-41-27-38-39-40-41/h7-22,27,31,35H,1,23-26H2,2-6H3/t31-,35+/m0/s1. The summed E-state index contributed by atoms with van der Waals surface area (Å²) in [6.45, 7) is 11.7. The van der Waals surface area contributed by atoms with Gasteiger partial charge < -0.3 is 9.16 Å². The highest BCUT2D eigenvalue weighted by atomic mass is 32.2. The van der Waals surface area contributed by atoms with Crippen LogP contribution in [0.4, 0.5) is 0 Å². The van der Waals surface area contributed by atoms with Gasteiger partial charge in [-0.2, -0.15) is 0 Å². The van der Waals surface area contributed by atoms with Crippen molar-refractivity contribution in [2.45, 2.75) is 57.2 Å². The molecule has 0 bridgehead atoms. The highest BCUT2D eigenvalue weighted by Gasteiger charge is 2.55. The van der Waals surface area contributed by atoms with Gasteiger partial charge in [-0.25, -0.2) is 9.48 Å². The number of thioether (sulfide) groups is 1. The normalized spacial score (nSPS) is 16.4. The maximum Gasteiger partial charge on any atom is 0.356 e. The quantitative estimate of drug-likeness (QED) is 0.0583. The van der Waals surface area contributed by atoms with Crippen LogP contribution >= 0.6 is 18.6 Å². The Hall–Kier alpha value is -4.09. The predicted octanol–water partition coefficient (Wildman–Crippen LogP) is 4.98. The molecule has 5 rings (SSSR count). The average Bonchev–Trinajstić information content (AvgIpc) is 3.64. The second kappa shape index (κ2) is 15.8. The molecule has 50 heavy (non-hydrogen) atoms. The SMILES string of the molecule is C=CCOC(=O)C(N1C(=O)[C@H](CO[Si](C)(C)C(C)(C)C)[C@H]1SC(=O)CCn1cnnn1)=P(c1ccccc1)(c1ccccc1)c1ccccc1. The number of aryl methyl sites for hydroxylation is 1. The van der Waals surface area contributed by atoms with Crippen LogP contribution in [-0.4, -0.2) is 74.4 Å². The van der Waals surface area contributed by atoms with Crippen LogP contribution in [0.3, 0.4) is 0 Å². The van der Waals surface area contributed by atoms with Crippen LogP contribution < -0.4 is 15.9 Å². The zero-order valence-electron chi connectivity index (χ0n) is 29.1. The number of hydrogen-bond donors (Lipinski definition) is 0. The number of likely N-dealkylation sites (tertiary alicyclic amines) is 1. The van der Waals surface area contributed by atoms with E-state index in [-0.39, 0.29) is 47.7 Å². The summed E-state index contributed by atoms with van der Waals surface area (Å²) in [5.41, 5.74) is 0.210. The molecule has 262 valence electrons. The summed E-state index contributed by atoms with van der Waals surface area (Å²) >= 11 is 1.05. The average molecular weight is 730 g/mol. The molecular weight excluding hydrogens is 686 g/mol. The molecule has 1 saturated heterocycles. The van der Waals surface area contributed by atoms with Crippen molar-refractivity contribution in [2.24, 2.45) is 5.92 Å². The van der Waals surface area contributed by atoms with Crippen molar-refractivity contribution >= 4 is 65.3 Å². The van der Waals surface area contributed by atoms with E-state index in [1.54, 1.807) is 0 Å². The van der Waals surface area contributed by atoms with E-state index in [1.807, 2.05) is 91.0 Å². The smallest absolute Gasteiger partial charge is 0.356 e. The van der Waals surface area contributed by atoms with Crippen molar-refractivity contribution < 1.29 is 23.5 Å². The molecule has 1 aliphatic rings. The van der Waals surface area contributed by atoms with E-state index in [4.69, 9.17) is 9.16 Å². The van der Waals surface area contributed by atoms with Gasteiger partial charge in [0.2, 0.25) is 5.91 Å². The Morgan fingerprint density at radius 2 is 1.48 bits per heavy atom. The largest absolute Gasteiger partial charge is 0.457 e. The molecule has 4 aromatic rings. The number of benzene rings is 3. The van der Waals surface area contributed by atoms with Gasteiger partial charge in [0.05, 0.1) is 12.5 Å². The number of tetrazole rings is 1. The van der Waals surface area contributed by atoms with E-state index in [9.17, 15) is 14.4 Å². The van der Waals surface area contributed by atoms with Gasteiger partial charge in [-0.3, -0.25) is 14.5 Å². The van der Waals surface area contributed by atoms with Gasteiger partial charge in [-0.15, -0.1) is 5.10 Å². The van der Waals surface area contributed by atoms with Gasteiger partial charge in [0.1, 0.15) is 23.7 Å². The van der Waals surface area contributed by atoms with Crippen LogP contribution in [0, 0.1) is 5.92 Å². The first-order valence-corrected chi connectivity index (χ1v) is 22.1. The first kappa shape index (κ1) is 37.2. The van der Waals surface area contributed by atoms with Gasteiger partial charge in [0.25, 0.3) is 0 Å². The first-order valence-electron chi connectivity index (χ1n) is 16.5. The lowest BCUT2D eigenvalue weighted by molar-refractivity contribution is -0.148. The van der Waals surface area contributed by atoms with Gasteiger partial charge in [0.15, 0.2) is 13.4 Å². The zero-order valence-corrected chi connectivity index (χ0v) is 31.8. The van der Waals surface area contributed by atoms with E-state index < -0.39 is 32.5 Å². The number of esters is 1. The van der Waals surface area contributed by atoms with E-state index in [2.05, 4.69) is 56.0 Å². The number of carbonyl (C=O) groups excluding carboxylic acids is 3. The highest BCUT2D eigenvalue weighted by Crippen LogP contribution is 2.51. The number of aromatic nitrogens is 4. The molecule has 1 fully saturated rings. The summed E-state index contributed by atoms with van der Waals surface area (Å²) in [4.78, 5) is 44.6. The summed E-state index contributed by atoms with van der Waals surface area (Å²) in [5, 5.41) is 12.8. The Kier molecular flexibility index (Phi) is 11.8. The van der Waals surface area contributed by atoms with E-state index in [1.165, 1.54) is 22.0 Å². The zero-order chi connectivity index (χ0) is 35.9. The van der Waals surface area contributed by atoms with E-state index >= 15 is 0 Å². The third-order valence-corrected chi connectivity index (χ3v) is 19.3. The molecule has 0 radical (unpaired) electrons. The molecule has 1 aromatic heterocycles. The fourth-order valence-corrected chi connectivity index (χ4v) is 12.2. The van der Waals surface area contributed by atoms with Gasteiger partial charge in [0, 0.05) is 19.9 Å². The third kappa shape index (κ3) is 7.63. The summed E-state index contributed by atoms with van der Waals surface area (Å²) in [7, 11) is -2.28. The first-order chi connectivity index (χ1) is 23.9. The molecule has 0 aliphatic carbocycles. The lowest BCUT2D eigenvalue weighted by Crippen LogP contribution is -2.66.